The van der Waals surface area contributed by atoms with Crippen molar-refractivity contribution < 1.29 is 9.47 Å². The number of nitriles is 1. The molecule has 2 fully saturated rings. The summed E-state index contributed by atoms with van der Waals surface area (Å²) in [6.07, 6.45) is 0. The Morgan fingerprint density at radius 1 is 0.852 bits per heavy atom. The largest absolute Gasteiger partial charge is 0.378 e. The third kappa shape index (κ3) is 4.24. The van der Waals surface area contributed by atoms with Crippen LogP contribution in [0, 0.1) is 11.3 Å². The minimum atomic E-state index is 0.0962. The van der Waals surface area contributed by atoms with Crippen molar-refractivity contribution in [1.82, 2.24) is 15.0 Å². The highest BCUT2D eigenvalue weighted by molar-refractivity contribution is 5.60. The van der Waals surface area contributed by atoms with Crippen LogP contribution >= 0.6 is 0 Å². The maximum atomic E-state index is 9.24. The van der Waals surface area contributed by atoms with Gasteiger partial charge in [-0.15, -0.1) is 0 Å². The third-order valence-corrected chi connectivity index (χ3v) is 4.52. The smallest absolute Gasteiger partial charge is 0.238 e. The summed E-state index contributed by atoms with van der Waals surface area (Å²) >= 11 is 0. The van der Waals surface area contributed by atoms with E-state index in [1.807, 2.05) is 23.1 Å². The minimum absolute atomic E-state index is 0.0962. The van der Waals surface area contributed by atoms with E-state index in [4.69, 9.17) is 9.47 Å². The maximum absolute atomic E-state index is 9.24. The van der Waals surface area contributed by atoms with Gasteiger partial charge in [-0.3, -0.25) is 0 Å². The molecule has 0 radical (unpaired) electrons. The lowest BCUT2D eigenvalue weighted by Crippen LogP contribution is -2.37. The van der Waals surface area contributed by atoms with Crippen LogP contribution in [0.5, 0.6) is 0 Å². The second-order valence-electron chi connectivity index (χ2n) is 6.27. The lowest BCUT2D eigenvalue weighted by Gasteiger charge is -2.29. The summed E-state index contributed by atoms with van der Waals surface area (Å²) in [6.45, 7) is 5.95. The van der Waals surface area contributed by atoms with Crippen molar-refractivity contribution in [2.45, 2.75) is 0 Å². The van der Waals surface area contributed by atoms with Crippen LogP contribution in [0.1, 0.15) is 5.82 Å². The zero-order valence-electron chi connectivity index (χ0n) is 15.0. The Morgan fingerprint density at radius 3 is 2.11 bits per heavy atom. The molecule has 4 rings (SSSR count). The second kappa shape index (κ2) is 8.16. The summed E-state index contributed by atoms with van der Waals surface area (Å²) in [5.74, 6) is 0.957. The van der Waals surface area contributed by atoms with Crippen LogP contribution in [0.25, 0.3) is 0 Å². The number of morpholine rings is 2. The molecule has 1 aromatic heterocycles. The van der Waals surface area contributed by atoms with Gasteiger partial charge in [-0.2, -0.15) is 20.2 Å². The number of anilines is 4. The topological polar surface area (TPSA) is 99.4 Å². The van der Waals surface area contributed by atoms with E-state index in [0.29, 0.717) is 38.2 Å². The molecule has 2 aliphatic rings. The van der Waals surface area contributed by atoms with Crippen LogP contribution in [-0.2, 0) is 9.47 Å². The van der Waals surface area contributed by atoms with Gasteiger partial charge in [0.05, 0.1) is 26.4 Å². The van der Waals surface area contributed by atoms with Gasteiger partial charge >= 0.3 is 0 Å². The summed E-state index contributed by atoms with van der Waals surface area (Å²) in [5.41, 5.74) is 2.02. The van der Waals surface area contributed by atoms with E-state index in [1.165, 1.54) is 0 Å². The molecule has 27 heavy (non-hydrogen) atoms. The predicted molar refractivity (Wildman–Crippen MR) is 100 cm³/mol. The number of aromatic nitrogens is 3. The SMILES string of the molecule is N#Cc1nc(Nc2ccc(N3CCOCC3)cc2)nc(N2CCOCC2)n1. The van der Waals surface area contributed by atoms with Gasteiger partial charge < -0.3 is 24.6 Å². The Balaban J connectivity index is 1.50. The summed E-state index contributed by atoms with van der Waals surface area (Å²) in [6, 6.07) is 10.1. The van der Waals surface area contributed by atoms with E-state index in [2.05, 4.69) is 37.3 Å². The monoisotopic (exact) mass is 367 g/mol. The number of ether oxygens (including phenoxy) is 2. The summed E-state index contributed by atoms with van der Waals surface area (Å²) in [7, 11) is 0. The Bertz CT molecular complexity index is 809. The van der Waals surface area contributed by atoms with Gasteiger partial charge in [-0.1, -0.05) is 0 Å². The molecular formula is C18H21N7O2. The van der Waals surface area contributed by atoms with Crippen molar-refractivity contribution in [1.29, 1.82) is 5.26 Å². The van der Waals surface area contributed by atoms with Gasteiger partial charge in [-0.25, -0.2) is 0 Å². The van der Waals surface area contributed by atoms with Crippen LogP contribution in [-0.4, -0.2) is 67.6 Å². The molecule has 0 unspecified atom stereocenters. The molecule has 3 heterocycles. The Kier molecular flexibility index (Phi) is 5.27. The van der Waals surface area contributed by atoms with Gasteiger partial charge in [0.2, 0.25) is 17.7 Å². The standard InChI is InChI=1S/C18H21N7O2/c19-13-16-21-17(23-18(22-16)25-7-11-27-12-8-25)20-14-1-3-15(4-2-14)24-5-9-26-10-6-24/h1-4H,5-12H2,(H,20,21,22,23). The highest BCUT2D eigenvalue weighted by atomic mass is 16.5. The van der Waals surface area contributed by atoms with Gasteiger partial charge in [-0.05, 0) is 24.3 Å². The summed E-state index contributed by atoms with van der Waals surface area (Å²) in [5, 5.41) is 12.4. The molecule has 1 aromatic carbocycles. The molecule has 9 nitrogen and oxygen atoms in total. The zero-order chi connectivity index (χ0) is 18.5. The summed E-state index contributed by atoms with van der Waals surface area (Å²) in [4.78, 5) is 17.2. The van der Waals surface area contributed by atoms with Crippen molar-refractivity contribution in [3.63, 3.8) is 0 Å². The number of hydrogen-bond acceptors (Lipinski definition) is 9. The Hall–Kier alpha value is -2.96. The van der Waals surface area contributed by atoms with E-state index in [9.17, 15) is 5.26 Å². The molecule has 0 atom stereocenters. The zero-order valence-corrected chi connectivity index (χ0v) is 15.0. The van der Waals surface area contributed by atoms with Crippen LogP contribution in [0.15, 0.2) is 24.3 Å². The molecule has 140 valence electrons. The Morgan fingerprint density at radius 2 is 1.48 bits per heavy atom. The third-order valence-electron chi connectivity index (χ3n) is 4.52. The van der Waals surface area contributed by atoms with Crippen molar-refractivity contribution in [3.05, 3.63) is 30.1 Å². The van der Waals surface area contributed by atoms with Crippen LogP contribution < -0.4 is 15.1 Å². The molecule has 0 spiro atoms. The van der Waals surface area contributed by atoms with Gasteiger partial charge in [0, 0.05) is 37.6 Å². The minimum Gasteiger partial charge on any atom is -0.378 e. The fourth-order valence-corrected chi connectivity index (χ4v) is 3.08. The first-order valence-electron chi connectivity index (χ1n) is 9.00. The molecule has 0 saturated carbocycles. The fourth-order valence-electron chi connectivity index (χ4n) is 3.08. The van der Waals surface area contributed by atoms with E-state index in [1.54, 1.807) is 0 Å². The molecule has 0 aliphatic carbocycles. The first-order chi connectivity index (χ1) is 13.3. The molecule has 1 N–H and O–H groups in total. The molecule has 9 heteroatoms. The normalized spacial score (nSPS) is 17.4. The average molecular weight is 367 g/mol. The number of rotatable bonds is 4. The van der Waals surface area contributed by atoms with Crippen LogP contribution in [0.2, 0.25) is 0 Å². The first kappa shape index (κ1) is 17.5. The first-order valence-corrected chi connectivity index (χ1v) is 9.00. The average Bonchev–Trinajstić information content (AvgIpc) is 2.75. The van der Waals surface area contributed by atoms with Crippen molar-refractivity contribution in [3.8, 4) is 6.07 Å². The quantitative estimate of drug-likeness (QED) is 0.853. The molecular weight excluding hydrogens is 346 g/mol. The fraction of sp³-hybridized carbons (Fsp3) is 0.444. The number of nitrogens with one attached hydrogen (secondary N) is 1. The number of benzene rings is 1. The van der Waals surface area contributed by atoms with E-state index in [-0.39, 0.29) is 5.82 Å². The van der Waals surface area contributed by atoms with E-state index in [0.717, 1.165) is 37.7 Å². The number of hydrogen-bond donors (Lipinski definition) is 1. The van der Waals surface area contributed by atoms with Gasteiger partial charge in [0.25, 0.3) is 0 Å². The van der Waals surface area contributed by atoms with Crippen LogP contribution in [0.4, 0.5) is 23.3 Å². The van der Waals surface area contributed by atoms with Crippen molar-refractivity contribution in [2.24, 2.45) is 0 Å². The number of nitrogens with zero attached hydrogens (tertiary/aromatic N) is 6. The molecule has 2 aromatic rings. The highest BCUT2D eigenvalue weighted by Gasteiger charge is 2.17. The maximum Gasteiger partial charge on any atom is 0.238 e. The Labute approximate surface area is 157 Å². The second-order valence-corrected chi connectivity index (χ2v) is 6.27. The van der Waals surface area contributed by atoms with Gasteiger partial charge in [0.1, 0.15) is 6.07 Å². The molecule has 2 saturated heterocycles. The molecule has 0 amide bonds. The van der Waals surface area contributed by atoms with E-state index >= 15 is 0 Å². The van der Waals surface area contributed by atoms with Crippen molar-refractivity contribution >= 4 is 23.3 Å². The lowest BCUT2D eigenvalue weighted by molar-refractivity contribution is 0.122. The van der Waals surface area contributed by atoms with Gasteiger partial charge in [0.15, 0.2) is 0 Å². The predicted octanol–water partition coefficient (Wildman–Crippen LogP) is 1.16. The van der Waals surface area contributed by atoms with Crippen molar-refractivity contribution in [2.75, 3.05) is 67.7 Å². The van der Waals surface area contributed by atoms with Crippen LogP contribution in [0.3, 0.4) is 0 Å². The summed E-state index contributed by atoms with van der Waals surface area (Å²) < 4.78 is 10.8. The lowest BCUT2D eigenvalue weighted by atomic mass is 10.2. The molecule has 0 bridgehead atoms. The molecule has 2 aliphatic heterocycles. The van der Waals surface area contributed by atoms with E-state index < -0.39 is 0 Å². The highest BCUT2D eigenvalue weighted by Crippen LogP contribution is 2.21.